The molecule has 1 N–H and O–H groups in total. The third-order valence-electron chi connectivity index (χ3n) is 4.22. The zero-order valence-electron chi connectivity index (χ0n) is 11.8. The number of hydrogen-bond donors (Lipinski definition) is 1. The van der Waals surface area contributed by atoms with Crippen molar-refractivity contribution in [2.45, 2.75) is 51.6 Å². The van der Waals surface area contributed by atoms with Gasteiger partial charge < -0.3 is 5.32 Å². The molecule has 0 radical (unpaired) electrons. The Morgan fingerprint density at radius 3 is 2.95 bits per heavy atom. The number of nitrogens with zero attached hydrogens (tertiary/aromatic N) is 1. The van der Waals surface area contributed by atoms with Crippen LogP contribution in [0.2, 0.25) is 5.02 Å². The first-order valence-electron chi connectivity index (χ1n) is 7.27. The van der Waals surface area contributed by atoms with Crippen molar-refractivity contribution in [3.63, 3.8) is 0 Å². The zero-order chi connectivity index (χ0) is 14.5. The second-order valence-corrected chi connectivity index (χ2v) is 5.92. The first-order chi connectivity index (χ1) is 9.61. The number of hydrogen-bond acceptors (Lipinski definition) is 3. The van der Waals surface area contributed by atoms with Crippen LogP contribution in [-0.2, 0) is 6.54 Å². The average molecular weight is 297 g/mol. The van der Waals surface area contributed by atoms with Crippen LogP contribution >= 0.6 is 11.6 Å². The van der Waals surface area contributed by atoms with Crippen molar-refractivity contribution in [2.24, 2.45) is 5.92 Å². The highest BCUT2D eigenvalue weighted by molar-refractivity contribution is 6.31. The van der Waals surface area contributed by atoms with Gasteiger partial charge in [-0.15, -0.1) is 0 Å². The van der Waals surface area contributed by atoms with Crippen LogP contribution in [0.25, 0.3) is 0 Å². The molecule has 1 aliphatic rings. The van der Waals surface area contributed by atoms with Crippen molar-refractivity contribution in [1.29, 1.82) is 0 Å². The van der Waals surface area contributed by atoms with E-state index in [1.165, 1.54) is 25.3 Å². The molecule has 1 aromatic rings. The summed E-state index contributed by atoms with van der Waals surface area (Å²) in [5, 5.41) is 15.0. The van der Waals surface area contributed by atoms with Gasteiger partial charge >= 0.3 is 0 Å². The molecule has 4 nitrogen and oxygen atoms in total. The van der Waals surface area contributed by atoms with E-state index in [1.54, 1.807) is 12.1 Å². The summed E-state index contributed by atoms with van der Waals surface area (Å²) in [6.07, 6.45) is 6.07. The highest BCUT2D eigenvalue weighted by atomic mass is 35.5. The van der Waals surface area contributed by atoms with E-state index in [-0.39, 0.29) is 10.6 Å². The number of nitro groups is 1. The molecule has 0 bridgehead atoms. The van der Waals surface area contributed by atoms with E-state index < -0.39 is 0 Å². The van der Waals surface area contributed by atoms with Crippen LogP contribution in [0.15, 0.2) is 18.2 Å². The molecule has 1 saturated carbocycles. The maximum absolute atomic E-state index is 11.0. The minimum Gasteiger partial charge on any atom is -0.310 e. The summed E-state index contributed by atoms with van der Waals surface area (Å²) in [6, 6.07) is 5.29. The van der Waals surface area contributed by atoms with Crippen molar-refractivity contribution in [2.75, 3.05) is 0 Å². The first kappa shape index (κ1) is 15.3. The quantitative estimate of drug-likeness (QED) is 0.651. The van der Waals surface area contributed by atoms with Gasteiger partial charge in [-0.25, -0.2) is 0 Å². The molecular weight excluding hydrogens is 276 g/mol. The molecule has 0 aliphatic heterocycles. The number of rotatable bonds is 5. The van der Waals surface area contributed by atoms with Crippen molar-refractivity contribution in [3.8, 4) is 0 Å². The highest BCUT2D eigenvalue weighted by Crippen LogP contribution is 2.29. The summed E-state index contributed by atoms with van der Waals surface area (Å²) < 4.78 is 0. The van der Waals surface area contributed by atoms with Crippen molar-refractivity contribution < 1.29 is 4.92 Å². The monoisotopic (exact) mass is 296 g/mol. The second kappa shape index (κ2) is 7.04. The molecule has 0 aromatic heterocycles. The van der Waals surface area contributed by atoms with Gasteiger partial charge in [-0.1, -0.05) is 43.9 Å². The fourth-order valence-electron chi connectivity index (χ4n) is 2.99. The van der Waals surface area contributed by atoms with Gasteiger partial charge in [0.15, 0.2) is 0 Å². The van der Waals surface area contributed by atoms with E-state index in [1.807, 2.05) is 0 Å². The summed E-state index contributed by atoms with van der Waals surface area (Å²) in [4.78, 5) is 10.7. The Bertz CT molecular complexity index is 479. The lowest BCUT2D eigenvalue weighted by Gasteiger charge is -2.29. The van der Waals surface area contributed by atoms with Crippen molar-refractivity contribution >= 4 is 17.3 Å². The summed E-state index contributed by atoms with van der Waals surface area (Å²) in [7, 11) is 0. The largest absolute Gasteiger partial charge is 0.310 e. The Hall–Kier alpha value is -1.13. The molecule has 2 unspecified atom stereocenters. The van der Waals surface area contributed by atoms with Crippen LogP contribution < -0.4 is 5.32 Å². The van der Waals surface area contributed by atoms with Crippen LogP contribution in [-0.4, -0.2) is 11.0 Å². The molecule has 0 saturated heterocycles. The molecule has 5 heteroatoms. The Morgan fingerprint density at radius 2 is 2.25 bits per heavy atom. The predicted octanol–water partition coefficient (Wildman–Crippen LogP) is 4.31. The molecule has 2 atom stereocenters. The topological polar surface area (TPSA) is 55.2 Å². The Kier molecular flexibility index (Phi) is 5.38. The van der Waals surface area contributed by atoms with Gasteiger partial charge in [0.25, 0.3) is 5.69 Å². The Morgan fingerprint density at radius 1 is 1.45 bits per heavy atom. The molecule has 1 fully saturated rings. The number of nitro benzene ring substituents is 1. The molecule has 1 aromatic carbocycles. The van der Waals surface area contributed by atoms with Crippen LogP contribution in [0.1, 0.15) is 44.6 Å². The molecule has 0 spiro atoms. The molecule has 2 rings (SSSR count). The summed E-state index contributed by atoms with van der Waals surface area (Å²) >= 11 is 6.10. The minimum atomic E-state index is -0.362. The van der Waals surface area contributed by atoms with Crippen LogP contribution in [0.4, 0.5) is 5.69 Å². The lowest BCUT2D eigenvalue weighted by Crippen LogP contribution is -2.33. The molecule has 0 heterocycles. The third kappa shape index (κ3) is 3.70. The number of benzene rings is 1. The van der Waals surface area contributed by atoms with Gasteiger partial charge in [0.2, 0.25) is 0 Å². The van der Waals surface area contributed by atoms with Gasteiger partial charge in [-0.2, -0.15) is 0 Å². The maximum Gasteiger partial charge on any atom is 0.275 e. The van der Waals surface area contributed by atoms with E-state index >= 15 is 0 Å². The molecular formula is C15H21ClN2O2. The van der Waals surface area contributed by atoms with Gasteiger partial charge in [-0.3, -0.25) is 10.1 Å². The van der Waals surface area contributed by atoms with E-state index in [4.69, 9.17) is 11.6 Å². The van der Waals surface area contributed by atoms with Gasteiger partial charge in [0.1, 0.15) is 0 Å². The Labute approximate surface area is 124 Å². The highest BCUT2D eigenvalue weighted by Gasteiger charge is 2.22. The third-order valence-corrected chi connectivity index (χ3v) is 4.57. The SMILES string of the molecule is CCC1CCCC(NCc2c(Cl)cccc2[N+](=O)[O-])C1. The summed E-state index contributed by atoms with van der Waals surface area (Å²) in [5.74, 6) is 0.780. The number of nitrogens with one attached hydrogen (secondary N) is 1. The van der Waals surface area contributed by atoms with Crippen LogP contribution in [0, 0.1) is 16.0 Å². The summed E-state index contributed by atoms with van der Waals surface area (Å²) in [5.41, 5.74) is 0.700. The standard InChI is InChI=1S/C15H21ClN2O2/c1-2-11-5-3-6-12(9-11)17-10-13-14(16)7-4-8-15(13)18(19)20/h4,7-8,11-12,17H,2-3,5-6,9-10H2,1H3. The smallest absolute Gasteiger partial charge is 0.275 e. The van der Waals surface area contributed by atoms with E-state index in [2.05, 4.69) is 12.2 Å². The zero-order valence-corrected chi connectivity index (χ0v) is 12.5. The van der Waals surface area contributed by atoms with Crippen LogP contribution in [0.3, 0.4) is 0 Å². The predicted molar refractivity (Wildman–Crippen MR) is 81.0 cm³/mol. The summed E-state index contributed by atoms with van der Waals surface area (Å²) in [6.45, 7) is 2.70. The normalized spacial score (nSPS) is 22.7. The van der Waals surface area contributed by atoms with Gasteiger partial charge in [0, 0.05) is 18.7 Å². The molecule has 110 valence electrons. The van der Waals surface area contributed by atoms with Crippen molar-refractivity contribution in [3.05, 3.63) is 38.9 Å². The van der Waals surface area contributed by atoms with E-state index in [0.717, 1.165) is 18.8 Å². The second-order valence-electron chi connectivity index (χ2n) is 5.51. The van der Waals surface area contributed by atoms with Crippen LogP contribution in [0.5, 0.6) is 0 Å². The van der Waals surface area contributed by atoms with Gasteiger partial charge in [0.05, 0.1) is 15.5 Å². The molecule has 1 aliphatic carbocycles. The Balaban J connectivity index is 2.02. The van der Waals surface area contributed by atoms with Gasteiger partial charge in [-0.05, 0) is 24.8 Å². The fraction of sp³-hybridized carbons (Fsp3) is 0.600. The van der Waals surface area contributed by atoms with E-state index in [0.29, 0.717) is 23.2 Å². The number of halogens is 1. The first-order valence-corrected chi connectivity index (χ1v) is 7.64. The minimum absolute atomic E-state index is 0.104. The fourth-order valence-corrected chi connectivity index (χ4v) is 3.22. The maximum atomic E-state index is 11.0. The molecule has 0 amide bonds. The van der Waals surface area contributed by atoms with Crippen molar-refractivity contribution in [1.82, 2.24) is 5.32 Å². The van der Waals surface area contributed by atoms with E-state index in [9.17, 15) is 10.1 Å². The lowest BCUT2D eigenvalue weighted by molar-refractivity contribution is -0.385. The lowest BCUT2D eigenvalue weighted by atomic mass is 9.84. The average Bonchev–Trinajstić information content (AvgIpc) is 2.45. The molecule has 20 heavy (non-hydrogen) atoms.